The monoisotopic (exact) mass is 86.0 g/mol. The van der Waals surface area contributed by atoms with Gasteiger partial charge in [0.25, 0.3) is 0 Å². The highest BCUT2D eigenvalue weighted by Crippen LogP contribution is 1.64. The van der Waals surface area contributed by atoms with Gasteiger partial charge < -0.3 is 10.8 Å². The molecule has 34 valence electrons. The molecule has 0 spiro atoms. The minimum absolute atomic E-state index is 0.253. The third-order valence-corrected chi connectivity index (χ3v) is 0.363. The highest BCUT2D eigenvalue weighted by Gasteiger charge is 1.90. The van der Waals surface area contributed by atoms with Crippen molar-refractivity contribution < 1.29 is 5.11 Å². The molecular weight excluding hydrogens is 80.0 g/mol. The van der Waals surface area contributed by atoms with Gasteiger partial charge in [-0.3, -0.25) is 0 Å². The quantitative estimate of drug-likeness (QED) is 0.422. The van der Waals surface area contributed by atoms with Gasteiger partial charge in [-0.1, -0.05) is 0 Å². The van der Waals surface area contributed by atoms with Gasteiger partial charge in [-0.05, 0) is 0 Å². The van der Waals surface area contributed by atoms with E-state index in [1.807, 2.05) is 0 Å². The zero-order valence-corrected chi connectivity index (χ0v) is 3.26. The molecule has 0 amide bonds. The molecule has 0 radical (unpaired) electrons. The molecule has 3 nitrogen and oxygen atoms in total. The van der Waals surface area contributed by atoms with Crippen LogP contribution in [-0.4, -0.2) is 17.8 Å². The molecule has 0 rings (SSSR count). The van der Waals surface area contributed by atoms with Crippen molar-refractivity contribution in [1.82, 2.24) is 0 Å². The highest BCUT2D eigenvalue weighted by atomic mass is 16.3. The number of hydrogen-bond acceptors (Lipinski definition) is 3. The van der Waals surface area contributed by atoms with Gasteiger partial charge in [0.2, 0.25) is 0 Å². The largest absolute Gasteiger partial charge is 0.394 e. The van der Waals surface area contributed by atoms with E-state index in [-0.39, 0.29) is 6.61 Å². The Bertz CT molecular complexity index is 65.7. The van der Waals surface area contributed by atoms with Gasteiger partial charge >= 0.3 is 0 Å². The summed E-state index contributed by atoms with van der Waals surface area (Å²) >= 11 is 0. The first kappa shape index (κ1) is 5.41. The van der Waals surface area contributed by atoms with Gasteiger partial charge in [0, 0.05) is 0 Å². The average molecular weight is 86.1 g/mol. The molecule has 0 aliphatic carbocycles. The topological polar surface area (TPSA) is 70.0 Å². The highest BCUT2D eigenvalue weighted by molar-refractivity contribution is 4.84. The molecule has 0 heterocycles. The molecule has 0 aromatic carbocycles. The summed E-state index contributed by atoms with van der Waals surface area (Å²) in [6, 6.07) is 0.939. The van der Waals surface area contributed by atoms with E-state index in [1.165, 1.54) is 0 Å². The van der Waals surface area contributed by atoms with E-state index in [0.29, 0.717) is 0 Å². The third-order valence-electron chi connectivity index (χ3n) is 0.363. The average Bonchev–Trinajstić information content (AvgIpc) is 1.65. The summed E-state index contributed by atoms with van der Waals surface area (Å²) in [6.45, 7) is -0.253. The van der Waals surface area contributed by atoms with E-state index in [9.17, 15) is 0 Å². The summed E-state index contributed by atoms with van der Waals surface area (Å²) < 4.78 is 0. The second-order valence-electron chi connectivity index (χ2n) is 0.918. The van der Waals surface area contributed by atoms with Gasteiger partial charge in [0.15, 0.2) is 0 Å². The molecular formula is C3H6N2O. The van der Waals surface area contributed by atoms with Crippen molar-refractivity contribution in [3.05, 3.63) is 0 Å². The smallest absolute Gasteiger partial charge is 0.116 e. The molecule has 3 N–H and O–H groups in total. The Hall–Kier alpha value is -0.590. The first-order chi connectivity index (χ1) is 2.81. The number of nitrogens with two attached hydrogens (primary N) is 1. The van der Waals surface area contributed by atoms with E-state index in [1.54, 1.807) is 6.07 Å². The molecule has 0 aromatic rings. The van der Waals surface area contributed by atoms with Crippen LogP contribution in [0.2, 0.25) is 0 Å². The zero-order chi connectivity index (χ0) is 4.99. The van der Waals surface area contributed by atoms with E-state index in [2.05, 4.69) is 0 Å². The van der Waals surface area contributed by atoms with Crippen LogP contribution >= 0.6 is 0 Å². The van der Waals surface area contributed by atoms with Gasteiger partial charge in [0.1, 0.15) is 6.04 Å². The molecule has 0 saturated carbocycles. The van der Waals surface area contributed by atoms with Crippen LogP contribution in [0.4, 0.5) is 0 Å². The maximum atomic E-state index is 7.99. The van der Waals surface area contributed by atoms with E-state index < -0.39 is 6.04 Å². The fraction of sp³-hybridized carbons (Fsp3) is 0.667. The summed E-state index contributed by atoms with van der Waals surface area (Å²) in [7, 11) is 0. The zero-order valence-electron chi connectivity index (χ0n) is 3.26. The standard InChI is InChI=1S/C3H6N2O/c4-1-3(5)2-6/h3,6H,2,5H2. The van der Waals surface area contributed by atoms with Crippen molar-refractivity contribution in [2.24, 2.45) is 5.73 Å². The molecule has 0 fully saturated rings. The van der Waals surface area contributed by atoms with Crippen LogP contribution in [0.25, 0.3) is 0 Å². The lowest BCUT2D eigenvalue weighted by Crippen LogP contribution is -2.21. The maximum absolute atomic E-state index is 7.99. The van der Waals surface area contributed by atoms with Crippen molar-refractivity contribution in [2.45, 2.75) is 6.04 Å². The second kappa shape index (κ2) is 2.64. The summed E-state index contributed by atoms with van der Waals surface area (Å²) in [5, 5.41) is 15.8. The number of nitrogens with zero attached hydrogens (tertiary/aromatic N) is 1. The Morgan fingerprint density at radius 2 is 2.50 bits per heavy atom. The number of rotatable bonds is 1. The molecule has 0 aromatic heterocycles. The summed E-state index contributed by atoms with van der Waals surface area (Å²) in [5.41, 5.74) is 4.86. The van der Waals surface area contributed by atoms with Gasteiger partial charge in [0.05, 0.1) is 12.7 Å². The van der Waals surface area contributed by atoms with Gasteiger partial charge in [-0.25, -0.2) is 0 Å². The number of aliphatic hydroxyl groups excluding tert-OH is 1. The Morgan fingerprint density at radius 3 is 2.50 bits per heavy atom. The van der Waals surface area contributed by atoms with Crippen molar-refractivity contribution in [3.63, 3.8) is 0 Å². The lowest BCUT2D eigenvalue weighted by molar-refractivity contribution is 0.286. The lowest BCUT2D eigenvalue weighted by atomic mass is 10.4. The molecule has 1 unspecified atom stereocenters. The van der Waals surface area contributed by atoms with Crippen LogP contribution in [-0.2, 0) is 0 Å². The van der Waals surface area contributed by atoms with Crippen LogP contribution in [0.5, 0.6) is 0 Å². The van der Waals surface area contributed by atoms with Crippen LogP contribution < -0.4 is 5.73 Å². The molecule has 0 saturated heterocycles. The number of nitriles is 1. The van der Waals surface area contributed by atoms with Crippen molar-refractivity contribution in [1.29, 1.82) is 5.26 Å². The van der Waals surface area contributed by atoms with E-state index in [4.69, 9.17) is 16.1 Å². The minimum atomic E-state index is -0.704. The first-order valence-corrected chi connectivity index (χ1v) is 1.57. The van der Waals surface area contributed by atoms with Crippen molar-refractivity contribution >= 4 is 0 Å². The Morgan fingerprint density at radius 1 is 2.00 bits per heavy atom. The molecule has 0 bridgehead atoms. The van der Waals surface area contributed by atoms with Crippen LogP contribution in [0.15, 0.2) is 0 Å². The molecule has 6 heavy (non-hydrogen) atoms. The Kier molecular flexibility index (Phi) is 2.38. The van der Waals surface area contributed by atoms with Crippen LogP contribution in [0.1, 0.15) is 0 Å². The predicted molar refractivity (Wildman–Crippen MR) is 20.7 cm³/mol. The first-order valence-electron chi connectivity index (χ1n) is 1.57. The number of hydrogen-bond donors (Lipinski definition) is 2. The predicted octanol–water partition coefficient (Wildman–Crippen LogP) is -1.17. The molecule has 3 heteroatoms. The second-order valence-corrected chi connectivity index (χ2v) is 0.918. The molecule has 0 aliphatic heterocycles. The fourth-order valence-electron chi connectivity index (χ4n) is 0.0408. The van der Waals surface area contributed by atoms with Crippen molar-refractivity contribution in [3.8, 4) is 6.07 Å². The van der Waals surface area contributed by atoms with Gasteiger partial charge in [-0.15, -0.1) is 0 Å². The maximum Gasteiger partial charge on any atom is 0.116 e. The normalized spacial score (nSPS) is 12.8. The van der Waals surface area contributed by atoms with E-state index >= 15 is 0 Å². The summed E-state index contributed by atoms with van der Waals surface area (Å²) in [6.07, 6.45) is 0. The van der Waals surface area contributed by atoms with Crippen LogP contribution in [0, 0.1) is 11.3 Å². The third kappa shape index (κ3) is 1.70. The fourth-order valence-corrected chi connectivity index (χ4v) is 0.0408. The molecule has 0 aliphatic rings. The number of aliphatic hydroxyl groups is 1. The summed E-state index contributed by atoms with van der Waals surface area (Å²) in [4.78, 5) is 0. The minimum Gasteiger partial charge on any atom is -0.394 e. The SMILES string of the molecule is N#CC(N)CO. The Balaban J connectivity index is 3.04. The van der Waals surface area contributed by atoms with Gasteiger partial charge in [-0.2, -0.15) is 5.26 Å². The van der Waals surface area contributed by atoms with Crippen molar-refractivity contribution in [2.75, 3.05) is 6.61 Å². The summed E-state index contributed by atoms with van der Waals surface area (Å²) in [5.74, 6) is 0. The van der Waals surface area contributed by atoms with Crippen LogP contribution in [0.3, 0.4) is 0 Å². The Labute approximate surface area is 36.0 Å². The van der Waals surface area contributed by atoms with E-state index in [0.717, 1.165) is 0 Å². The lowest BCUT2D eigenvalue weighted by Gasteiger charge is -1.88. The molecule has 1 atom stereocenters.